The summed E-state index contributed by atoms with van der Waals surface area (Å²) in [6.45, 7) is 0. The van der Waals surface area contributed by atoms with Gasteiger partial charge in [-0.05, 0) is 23.8 Å². The van der Waals surface area contributed by atoms with Crippen molar-refractivity contribution in [2.75, 3.05) is 4.90 Å². The largest absolute Gasteiger partial charge is 0.507 e. The molecular formula is C22H15N3O5. The summed E-state index contributed by atoms with van der Waals surface area (Å²) in [6, 6.07) is 16.3. The summed E-state index contributed by atoms with van der Waals surface area (Å²) in [6.07, 6.45) is 3.06. The Morgan fingerprint density at radius 1 is 1.03 bits per heavy atom. The number of aliphatic hydroxyl groups is 1. The lowest BCUT2D eigenvalue weighted by Gasteiger charge is -2.25. The zero-order valence-corrected chi connectivity index (χ0v) is 15.5. The molecule has 4 rings (SSSR count). The molecule has 1 aliphatic rings. The maximum atomic E-state index is 12.9. The van der Waals surface area contributed by atoms with E-state index in [0.29, 0.717) is 11.3 Å². The molecule has 0 radical (unpaired) electrons. The first kappa shape index (κ1) is 19.0. The minimum Gasteiger partial charge on any atom is -0.507 e. The van der Waals surface area contributed by atoms with E-state index in [-0.39, 0.29) is 16.8 Å². The van der Waals surface area contributed by atoms with Crippen LogP contribution in [-0.2, 0) is 9.59 Å². The molecule has 8 nitrogen and oxygen atoms in total. The number of nitro groups is 1. The summed E-state index contributed by atoms with van der Waals surface area (Å²) in [5.41, 5.74) is 0.676. The van der Waals surface area contributed by atoms with Gasteiger partial charge in [-0.15, -0.1) is 0 Å². The van der Waals surface area contributed by atoms with Gasteiger partial charge in [0, 0.05) is 35.8 Å². The van der Waals surface area contributed by atoms with Crippen LogP contribution < -0.4 is 4.90 Å². The number of para-hydroxylation sites is 1. The average Bonchev–Trinajstić information content (AvgIpc) is 3.05. The summed E-state index contributed by atoms with van der Waals surface area (Å²) in [4.78, 5) is 41.7. The number of rotatable bonds is 4. The summed E-state index contributed by atoms with van der Waals surface area (Å²) in [5, 5.41) is 22.1. The number of hydrogen-bond donors (Lipinski definition) is 1. The number of ketones is 1. The van der Waals surface area contributed by atoms with Gasteiger partial charge < -0.3 is 5.11 Å². The predicted molar refractivity (Wildman–Crippen MR) is 109 cm³/mol. The van der Waals surface area contributed by atoms with Crippen LogP contribution >= 0.6 is 0 Å². The number of aliphatic hydroxyl groups excluding tert-OH is 1. The molecule has 1 amide bonds. The standard InChI is InChI=1S/C22H15N3O5/c26-20(14-6-4-10-17(12-14)25(29)30)18-19(15-7-5-11-23-13-15)24(22(28)21(18)27)16-8-2-1-3-9-16/h1-13,19,26H/b20-18-. The Labute approximate surface area is 170 Å². The Bertz CT molecular complexity index is 1180. The first-order chi connectivity index (χ1) is 14.5. The van der Waals surface area contributed by atoms with E-state index in [1.807, 2.05) is 0 Å². The van der Waals surface area contributed by atoms with Crippen molar-refractivity contribution in [3.8, 4) is 0 Å². The highest BCUT2D eigenvalue weighted by Gasteiger charge is 2.47. The van der Waals surface area contributed by atoms with Gasteiger partial charge in [-0.2, -0.15) is 0 Å². The average molecular weight is 401 g/mol. The minimum atomic E-state index is -0.930. The van der Waals surface area contributed by atoms with E-state index < -0.39 is 28.4 Å². The molecule has 148 valence electrons. The highest BCUT2D eigenvalue weighted by atomic mass is 16.6. The fraction of sp³-hybridized carbons (Fsp3) is 0.0455. The molecular weight excluding hydrogens is 386 g/mol. The quantitative estimate of drug-likeness (QED) is 0.235. The second-order valence-corrected chi connectivity index (χ2v) is 6.60. The van der Waals surface area contributed by atoms with Crippen molar-refractivity contribution in [3.05, 3.63) is 106 Å². The lowest BCUT2D eigenvalue weighted by atomic mass is 9.96. The van der Waals surface area contributed by atoms with Gasteiger partial charge in [-0.1, -0.05) is 36.4 Å². The van der Waals surface area contributed by atoms with Crippen LogP contribution in [0.25, 0.3) is 5.76 Å². The fourth-order valence-electron chi connectivity index (χ4n) is 3.46. The molecule has 1 aliphatic heterocycles. The molecule has 0 bridgehead atoms. The first-order valence-corrected chi connectivity index (χ1v) is 9.00. The van der Waals surface area contributed by atoms with E-state index in [1.54, 1.807) is 48.7 Å². The highest BCUT2D eigenvalue weighted by Crippen LogP contribution is 2.41. The normalized spacial score (nSPS) is 17.9. The number of aromatic nitrogens is 1. The molecule has 1 N–H and O–H groups in total. The van der Waals surface area contributed by atoms with Gasteiger partial charge in [0.05, 0.1) is 16.5 Å². The van der Waals surface area contributed by atoms with Crippen LogP contribution in [-0.4, -0.2) is 26.7 Å². The third kappa shape index (κ3) is 3.20. The van der Waals surface area contributed by atoms with Gasteiger partial charge in [0.15, 0.2) is 0 Å². The number of carbonyl (C=O) groups excluding carboxylic acids is 2. The monoisotopic (exact) mass is 401 g/mol. The molecule has 0 saturated carbocycles. The number of nitrogens with zero attached hydrogens (tertiary/aromatic N) is 3. The fourth-order valence-corrected chi connectivity index (χ4v) is 3.46. The third-order valence-electron chi connectivity index (χ3n) is 4.81. The van der Waals surface area contributed by atoms with E-state index in [0.717, 1.165) is 6.07 Å². The lowest BCUT2D eigenvalue weighted by molar-refractivity contribution is -0.384. The van der Waals surface area contributed by atoms with Crippen molar-refractivity contribution >= 4 is 28.8 Å². The summed E-state index contributed by atoms with van der Waals surface area (Å²) in [7, 11) is 0. The SMILES string of the molecule is O=C1C(=O)N(c2ccccc2)C(c2cccnc2)/C1=C(/O)c1cccc([N+](=O)[O-])c1. The molecule has 2 aromatic carbocycles. The minimum absolute atomic E-state index is 0.0733. The van der Waals surface area contributed by atoms with Gasteiger partial charge in [0.25, 0.3) is 17.4 Å². The number of nitro benzene ring substituents is 1. The van der Waals surface area contributed by atoms with Crippen molar-refractivity contribution in [1.29, 1.82) is 0 Å². The molecule has 1 fully saturated rings. The van der Waals surface area contributed by atoms with Crippen LogP contribution in [0.15, 0.2) is 84.7 Å². The predicted octanol–water partition coefficient (Wildman–Crippen LogP) is 3.62. The first-order valence-electron chi connectivity index (χ1n) is 9.00. The molecule has 8 heteroatoms. The van der Waals surface area contributed by atoms with Crippen LogP contribution in [0.5, 0.6) is 0 Å². The van der Waals surface area contributed by atoms with E-state index in [2.05, 4.69) is 4.98 Å². The van der Waals surface area contributed by atoms with Gasteiger partial charge in [0.1, 0.15) is 5.76 Å². The number of carbonyl (C=O) groups is 2. The molecule has 30 heavy (non-hydrogen) atoms. The smallest absolute Gasteiger partial charge is 0.300 e. The Hall–Kier alpha value is -4.33. The van der Waals surface area contributed by atoms with Gasteiger partial charge in [0.2, 0.25) is 0 Å². The number of benzene rings is 2. The van der Waals surface area contributed by atoms with Gasteiger partial charge in [-0.3, -0.25) is 29.6 Å². The van der Waals surface area contributed by atoms with Crippen molar-refractivity contribution in [2.24, 2.45) is 0 Å². The Kier molecular flexibility index (Phi) is 4.81. The Morgan fingerprint density at radius 2 is 1.80 bits per heavy atom. The molecule has 0 spiro atoms. The second-order valence-electron chi connectivity index (χ2n) is 6.60. The van der Waals surface area contributed by atoms with Crippen LogP contribution in [0, 0.1) is 10.1 Å². The van der Waals surface area contributed by atoms with Crippen molar-refractivity contribution in [2.45, 2.75) is 6.04 Å². The second kappa shape index (κ2) is 7.59. The van der Waals surface area contributed by atoms with E-state index in [4.69, 9.17) is 0 Å². The topological polar surface area (TPSA) is 114 Å². The summed E-state index contributed by atoms with van der Waals surface area (Å²) in [5.74, 6) is -2.16. The van der Waals surface area contributed by atoms with Crippen LogP contribution in [0.1, 0.15) is 17.2 Å². The summed E-state index contributed by atoms with van der Waals surface area (Å²) >= 11 is 0. The van der Waals surface area contributed by atoms with E-state index in [9.17, 15) is 24.8 Å². The molecule has 1 atom stereocenters. The molecule has 0 aliphatic carbocycles. The number of pyridine rings is 1. The zero-order valence-electron chi connectivity index (χ0n) is 15.5. The van der Waals surface area contributed by atoms with E-state index >= 15 is 0 Å². The number of hydrogen-bond acceptors (Lipinski definition) is 6. The van der Waals surface area contributed by atoms with Crippen molar-refractivity contribution < 1.29 is 19.6 Å². The Balaban J connectivity index is 1.94. The van der Waals surface area contributed by atoms with E-state index in [1.165, 1.54) is 29.3 Å². The maximum Gasteiger partial charge on any atom is 0.300 e. The summed E-state index contributed by atoms with van der Waals surface area (Å²) < 4.78 is 0. The van der Waals surface area contributed by atoms with Crippen molar-refractivity contribution in [1.82, 2.24) is 4.98 Å². The number of non-ortho nitro benzene ring substituents is 1. The molecule has 3 aromatic rings. The van der Waals surface area contributed by atoms with Crippen LogP contribution in [0.4, 0.5) is 11.4 Å². The molecule has 2 heterocycles. The molecule has 1 unspecified atom stereocenters. The Morgan fingerprint density at radius 3 is 2.47 bits per heavy atom. The number of amides is 1. The molecule has 1 saturated heterocycles. The highest BCUT2D eigenvalue weighted by molar-refractivity contribution is 6.51. The van der Waals surface area contributed by atoms with Gasteiger partial charge >= 0.3 is 0 Å². The third-order valence-corrected chi connectivity index (χ3v) is 4.81. The number of Topliss-reactive ketones (excluding diaryl/α,β-unsaturated/α-hetero) is 1. The molecule has 1 aromatic heterocycles. The maximum absolute atomic E-state index is 12.9. The number of anilines is 1. The zero-order chi connectivity index (χ0) is 21.3. The van der Waals surface area contributed by atoms with Crippen molar-refractivity contribution in [3.63, 3.8) is 0 Å². The van der Waals surface area contributed by atoms with Gasteiger partial charge in [-0.25, -0.2) is 0 Å². The lowest BCUT2D eigenvalue weighted by Crippen LogP contribution is -2.29. The van der Waals surface area contributed by atoms with Crippen LogP contribution in [0.2, 0.25) is 0 Å². The van der Waals surface area contributed by atoms with Crippen LogP contribution in [0.3, 0.4) is 0 Å².